The lowest BCUT2D eigenvalue weighted by molar-refractivity contribution is -0.117. The number of carbonyl (C=O) groups excluding carboxylic acids is 1. The highest BCUT2D eigenvalue weighted by Crippen LogP contribution is 1.91. The first-order valence-corrected chi connectivity index (χ1v) is 3.70. The Morgan fingerprint density at radius 1 is 1.64 bits per heavy atom. The molecule has 0 aliphatic carbocycles. The molecule has 3 heteroatoms. The lowest BCUT2D eigenvalue weighted by Gasteiger charge is -2.01. The molecule has 11 heavy (non-hydrogen) atoms. The molecule has 1 N–H and O–H groups in total. The molecule has 3 nitrogen and oxygen atoms in total. The summed E-state index contributed by atoms with van der Waals surface area (Å²) in [5.74, 6) is -0.0614. The molecule has 0 aliphatic rings. The predicted octanol–water partition coefficient (Wildman–Crippen LogP) is 1.06. The number of ether oxygens (including phenoxy) is 1. The highest BCUT2D eigenvalue weighted by molar-refractivity contribution is 5.92. The molecule has 0 radical (unpaired) electrons. The van der Waals surface area contributed by atoms with Gasteiger partial charge in [-0.3, -0.25) is 4.79 Å². The average molecular weight is 157 g/mol. The van der Waals surface area contributed by atoms with Crippen LogP contribution in [0.25, 0.3) is 0 Å². The molecular weight excluding hydrogens is 142 g/mol. The number of nitrogens with one attached hydrogen (secondary N) is 1. The van der Waals surface area contributed by atoms with Crippen molar-refractivity contribution in [2.45, 2.75) is 20.3 Å². The molecule has 0 spiro atoms. The van der Waals surface area contributed by atoms with Gasteiger partial charge in [0.25, 0.3) is 0 Å². The van der Waals surface area contributed by atoms with Crippen LogP contribution in [0.1, 0.15) is 20.3 Å². The normalized spacial score (nSPS) is 11.0. The van der Waals surface area contributed by atoms with Gasteiger partial charge >= 0.3 is 0 Å². The van der Waals surface area contributed by atoms with Crippen molar-refractivity contribution in [2.24, 2.45) is 0 Å². The van der Waals surface area contributed by atoms with E-state index in [0.29, 0.717) is 12.1 Å². The molecule has 0 aromatic rings. The number of amides is 1. The first-order valence-electron chi connectivity index (χ1n) is 3.70. The monoisotopic (exact) mass is 157 g/mol. The van der Waals surface area contributed by atoms with E-state index < -0.39 is 0 Å². The Balaban J connectivity index is 3.73. The van der Waals surface area contributed by atoms with Crippen LogP contribution in [0.4, 0.5) is 0 Å². The van der Waals surface area contributed by atoms with Crippen LogP contribution in [0, 0.1) is 0 Å². The van der Waals surface area contributed by atoms with Crippen LogP contribution < -0.4 is 5.32 Å². The van der Waals surface area contributed by atoms with E-state index in [4.69, 9.17) is 0 Å². The van der Waals surface area contributed by atoms with Crippen molar-refractivity contribution in [2.75, 3.05) is 13.7 Å². The summed E-state index contributed by atoms with van der Waals surface area (Å²) in [6, 6.07) is 0. The van der Waals surface area contributed by atoms with Crippen LogP contribution in [-0.4, -0.2) is 19.6 Å². The molecule has 0 aliphatic heterocycles. The van der Waals surface area contributed by atoms with E-state index in [2.05, 4.69) is 10.1 Å². The number of carbonyl (C=O) groups is 1. The molecule has 0 fully saturated rings. The molecule has 0 heterocycles. The van der Waals surface area contributed by atoms with Crippen molar-refractivity contribution in [3.8, 4) is 0 Å². The summed E-state index contributed by atoms with van der Waals surface area (Å²) < 4.78 is 4.68. The predicted molar refractivity (Wildman–Crippen MR) is 44.1 cm³/mol. The third kappa shape index (κ3) is 4.42. The molecule has 0 saturated carbocycles. The Kier molecular flexibility index (Phi) is 5.25. The van der Waals surface area contributed by atoms with E-state index in [9.17, 15) is 4.79 Å². The highest BCUT2D eigenvalue weighted by Gasteiger charge is 2.00. The Hall–Kier alpha value is -0.990. The molecule has 0 rings (SSSR count). The van der Waals surface area contributed by atoms with Gasteiger partial charge in [-0.25, -0.2) is 0 Å². The molecule has 0 bridgehead atoms. The zero-order valence-electron chi connectivity index (χ0n) is 7.31. The van der Waals surface area contributed by atoms with Gasteiger partial charge < -0.3 is 10.1 Å². The summed E-state index contributed by atoms with van der Waals surface area (Å²) in [6.07, 6.45) is 2.39. The average Bonchev–Trinajstić information content (AvgIpc) is 2.00. The van der Waals surface area contributed by atoms with Crippen molar-refractivity contribution < 1.29 is 9.53 Å². The quantitative estimate of drug-likeness (QED) is 0.489. The van der Waals surface area contributed by atoms with Gasteiger partial charge in [0.15, 0.2) is 0 Å². The zero-order chi connectivity index (χ0) is 8.69. The van der Waals surface area contributed by atoms with Crippen LogP contribution in [0.5, 0.6) is 0 Å². The van der Waals surface area contributed by atoms with Crippen molar-refractivity contribution in [1.29, 1.82) is 0 Å². The Morgan fingerprint density at radius 2 is 2.27 bits per heavy atom. The fourth-order valence-corrected chi connectivity index (χ4v) is 0.608. The SMILES string of the molecule is CCCNC(=O)C(C)=COC. The van der Waals surface area contributed by atoms with Gasteiger partial charge in [0.05, 0.1) is 13.4 Å². The smallest absolute Gasteiger partial charge is 0.250 e. The van der Waals surface area contributed by atoms with Crippen LogP contribution >= 0.6 is 0 Å². The van der Waals surface area contributed by atoms with Crippen molar-refractivity contribution in [1.82, 2.24) is 5.32 Å². The summed E-state index contributed by atoms with van der Waals surface area (Å²) in [5.41, 5.74) is 0.598. The van der Waals surface area contributed by atoms with Gasteiger partial charge in [-0.1, -0.05) is 6.92 Å². The van der Waals surface area contributed by atoms with Gasteiger partial charge in [0, 0.05) is 12.1 Å². The maximum Gasteiger partial charge on any atom is 0.250 e. The standard InChI is InChI=1S/C8H15NO2/c1-4-5-9-8(10)7(2)6-11-3/h6H,4-5H2,1-3H3,(H,9,10). The summed E-state index contributed by atoms with van der Waals surface area (Å²) in [5, 5.41) is 2.73. The van der Waals surface area contributed by atoms with E-state index in [1.54, 1.807) is 6.92 Å². The van der Waals surface area contributed by atoms with E-state index in [1.807, 2.05) is 6.92 Å². The molecule has 0 atom stereocenters. The van der Waals surface area contributed by atoms with Gasteiger partial charge in [-0.15, -0.1) is 0 Å². The molecular formula is C8H15NO2. The number of rotatable bonds is 4. The largest absolute Gasteiger partial charge is 0.504 e. The third-order valence-electron chi connectivity index (χ3n) is 1.19. The van der Waals surface area contributed by atoms with Crippen LogP contribution in [-0.2, 0) is 9.53 Å². The molecule has 0 unspecified atom stereocenters. The lowest BCUT2D eigenvalue weighted by atomic mass is 10.3. The van der Waals surface area contributed by atoms with Crippen LogP contribution in [0.15, 0.2) is 11.8 Å². The summed E-state index contributed by atoms with van der Waals surface area (Å²) >= 11 is 0. The maximum atomic E-state index is 11.0. The third-order valence-corrected chi connectivity index (χ3v) is 1.19. The second kappa shape index (κ2) is 5.77. The Bertz CT molecular complexity index is 152. The van der Waals surface area contributed by atoms with Gasteiger partial charge in [-0.2, -0.15) is 0 Å². The Labute approximate surface area is 67.4 Å². The van der Waals surface area contributed by atoms with Gasteiger partial charge in [0.2, 0.25) is 5.91 Å². The van der Waals surface area contributed by atoms with Crippen molar-refractivity contribution in [3.05, 3.63) is 11.8 Å². The van der Waals surface area contributed by atoms with Gasteiger partial charge in [0.1, 0.15) is 0 Å². The zero-order valence-corrected chi connectivity index (χ0v) is 7.31. The molecule has 0 saturated heterocycles. The summed E-state index contributed by atoms with van der Waals surface area (Å²) in [4.78, 5) is 11.0. The minimum Gasteiger partial charge on any atom is -0.504 e. The van der Waals surface area contributed by atoms with Crippen molar-refractivity contribution in [3.63, 3.8) is 0 Å². The van der Waals surface area contributed by atoms with E-state index in [1.165, 1.54) is 13.4 Å². The van der Waals surface area contributed by atoms with Crippen molar-refractivity contribution >= 4 is 5.91 Å². The van der Waals surface area contributed by atoms with Crippen LogP contribution in [0.3, 0.4) is 0 Å². The highest BCUT2D eigenvalue weighted by atomic mass is 16.5. The van der Waals surface area contributed by atoms with Gasteiger partial charge in [-0.05, 0) is 13.3 Å². The molecule has 0 aromatic heterocycles. The summed E-state index contributed by atoms with van der Waals surface area (Å²) in [6.45, 7) is 4.44. The first kappa shape index (κ1) is 10.0. The number of hydrogen-bond donors (Lipinski definition) is 1. The molecule has 0 aromatic carbocycles. The fourth-order valence-electron chi connectivity index (χ4n) is 0.608. The van der Waals surface area contributed by atoms with Crippen LogP contribution in [0.2, 0.25) is 0 Å². The van der Waals surface area contributed by atoms with E-state index in [-0.39, 0.29) is 5.91 Å². The minimum absolute atomic E-state index is 0.0614. The lowest BCUT2D eigenvalue weighted by Crippen LogP contribution is -2.24. The van der Waals surface area contributed by atoms with E-state index in [0.717, 1.165) is 6.42 Å². The first-order chi connectivity index (χ1) is 5.22. The Morgan fingerprint density at radius 3 is 2.73 bits per heavy atom. The number of methoxy groups -OCH3 is 1. The minimum atomic E-state index is -0.0614. The fraction of sp³-hybridized carbons (Fsp3) is 0.625. The molecule has 64 valence electrons. The summed E-state index contributed by atoms with van der Waals surface area (Å²) in [7, 11) is 1.52. The topological polar surface area (TPSA) is 38.3 Å². The number of hydrogen-bond acceptors (Lipinski definition) is 2. The second-order valence-corrected chi connectivity index (χ2v) is 2.29. The second-order valence-electron chi connectivity index (χ2n) is 2.29. The maximum absolute atomic E-state index is 11.0. The van der Waals surface area contributed by atoms with E-state index >= 15 is 0 Å². The molecule has 1 amide bonds.